The minimum atomic E-state index is -0.293. The van der Waals surface area contributed by atoms with E-state index in [1.54, 1.807) is 0 Å². The van der Waals surface area contributed by atoms with Gasteiger partial charge in [-0.2, -0.15) is 5.10 Å². The molecule has 1 N–H and O–H groups in total. The van der Waals surface area contributed by atoms with Gasteiger partial charge in [-0.05, 0) is 31.5 Å². The molecule has 5 nitrogen and oxygen atoms in total. The van der Waals surface area contributed by atoms with Crippen LogP contribution in [0.2, 0.25) is 5.02 Å². The van der Waals surface area contributed by atoms with Crippen LogP contribution < -0.4 is 5.32 Å². The molecule has 0 fully saturated rings. The third-order valence-corrected chi connectivity index (χ3v) is 4.99. The van der Waals surface area contributed by atoms with Crippen molar-refractivity contribution in [3.8, 4) is 0 Å². The number of benzene rings is 2. The summed E-state index contributed by atoms with van der Waals surface area (Å²) < 4.78 is 1.81. The number of aryl methyl sites for hydroxylation is 2. The molecular weight excluding hydrogens is 372 g/mol. The number of pyridine rings is 1. The van der Waals surface area contributed by atoms with E-state index in [1.807, 2.05) is 73.1 Å². The maximum atomic E-state index is 12.7. The minimum Gasteiger partial charge on any atom is -0.322 e. The Morgan fingerprint density at radius 1 is 1.07 bits per heavy atom. The molecular formula is C22H19ClN4O. The van der Waals surface area contributed by atoms with E-state index in [-0.39, 0.29) is 5.91 Å². The molecule has 0 aliphatic carbocycles. The lowest BCUT2D eigenvalue weighted by molar-refractivity contribution is 0.102. The molecule has 0 bridgehead atoms. The molecule has 0 aliphatic heterocycles. The van der Waals surface area contributed by atoms with Gasteiger partial charge in [-0.25, -0.2) is 9.67 Å². The third-order valence-electron chi connectivity index (χ3n) is 4.60. The fourth-order valence-electron chi connectivity index (χ4n) is 3.13. The number of hydrogen-bond donors (Lipinski definition) is 1. The third kappa shape index (κ3) is 3.49. The first kappa shape index (κ1) is 18.2. The van der Waals surface area contributed by atoms with Crippen molar-refractivity contribution in [3.63, 3.8) is 0 Å². The number of nitrogens with one attached hydrogen (secondary N) is 1. The van der Waals surface area contributed by atoms with Crippen LogP contribution in [0.3, 0.4) is 0 Å². The Morgan fingerprint density at radius 2 is 1.79 bits per heavy atom. The molecule has 0 atom stereocenters. The van der Waals surface area contributed by atoms with E-state index < -0.39 is 0 Å². The summed E-state index contributed by atoms with van der Waals surface area (Å²) in [6, 6.07) is 17.6. The Bertz CT molecular complexity index is 1150. The molecule has 2 aromatic carbocycles. The molecule has 2 aromatic heterocycles. The van der Waals surface area contributed by atoms with Crippen LogP contribution >= 0.6 is 11.6 Å². The Labute approximate surface area is 168 Å². The Kier molecular flexibility index (Phi) is 4.84. The Hall–Kier alpha value is -3.18. The van der Waals surface area contributed by atoms with Gasteiger partial charge >= 0.3 is 0 Å². The summed E-state index contributed by atoms with van der Waals surface area (Å²) in [5.41, 5.74) is 4.69. The van der Waals surface area contributed by atoms with Gasteiger partial charge in [-0.15, -0.1) is 0 Å². The van der Waals surface area contributed by atoms with Gasteiger partial charge < -0.3 is 5.32 Å². The highest BCUT2D eigenvalue weighted by Crippen LogP contribution is 2.29. The summed E-state index contributed by atoms with van der Waals surface area (Å²) in [7, 11) is 0. The van der Waals surface area contributed by atoms with Crippen LogP contribution in [0.25, 0.3) is 11.0 Å². The standard InChI is InChI=1S/C22H19ClN4O/c1-14-8-10-17(11-9-14)25-22(28)18-12-24-21-19(20(18)23)15(2)26-27(21)13-16-6-4-3-5-7-16/h3-12H,13H2,1-2H3,(H,25,28). The number of carbonyl (C=O) groups excluding carboxylic acids is 1. The van der Waals surface area contributed by atoms with E-state index in [1.165, 1.54) is 6.20 Å². The van der Waals surface area contributed by atoms with Crippen LogP contribution in [-0.4, -0.2) is 20.7 Å². The monoisotopic (exact) mass is 390 g/mol. The van der Waals surface area contributed by atoms with Crippen LogP contribution in [0.5, 0.6) is 0 Å². The summed E-state index contributed by atoms with van der Waals surface area (Å²) >= 11 is 6.60. The van der Waals surface area contributed by atoms with Crippen molar-refractivity contribution in [2.24, 2.45) is 0 Å². The fourth-order valence-corrected chi connectivity index (χ4v) is 3.49. The minimum absolute atomic E-state index is 0.293. The first-order valence-corrected chi connectivity index (χ1v) is 9.34. The van der Waals surface area contributed by atoms with Crippen LogP contribution in [0.1, 0.15) is 27.2 Å². The zero-order chi connectivity index (χ0) is 19.7. The molecule has 140 valence electrons. The summed E-state index contributed by atoms with van der Waals surface area (Å²) in [5, 5.41) is 8.51. The number of hydrogen-bond acceptors (Lipinski definition) is 3. The summed E-state index contributed by atoms with van der Waals surface area (Å²) in [5.74, 6) is -0.293. The highest BCUT2D eigenvalue weighted by atomic mass is 35.5. The van der Waals surface area contributed by atoms with Crippen molar-refractivity contribution in [2.45, 2.75) is 20.4 Å². The van der Waals surface area contributed by atoms with Crippen molar-refractivity contribution >= 4 is 34.2 Å². The summed E-state index contributed by atoms with van der Waals surface area (Å²) in [6.45, 7) is 4.46. The van der Waals surface area contributed by atoms with E-state index in [4.69, 9.17) is 11.6 Å². The van der Waals surface area contributed by atoms with Crippen molar-refractivity contribution in [3.05, 3.63) is 88.2 Å². The number of aromatic nitrogens is 3. The molecule has 0 saturated carbocycles. The second-order valence-electron chi connectivity index (χ2n) is 6.73. The maximum absolute atomic E-state index is 12.7. The van der Waals surface area contributed by atoms with Crippen molar-refractivity contribution in [1.82, 2.24) is 14.8 Å². The normalized spacial score (nSPS) is 11.0. The smallest absolute Gasteiger partial charge is 0.258 e. The van der Waals surface area contributed by atoms with Gasteiger partial charge in [0.25, 0.3) is 5.91 Å². The van der Waals surface area contributed by atoms with Crippen molar-refractivity contribution in [1.29, 1.82) is 0 Å². The second-order valence-corrected chi connectivity index (χ2v) is 7.11. The molecule has 0 aliphatic rings. The number of halogens is 1. The van der Waals surface area contributed by atoms with Gasteiger partial charge in [-0.1, -0.05) is 59.6 Å². The Balaban J connectivity index is 1.68. The Morgan fingerprint density at radius 3 is 2.50 bits per heavy atom. The molecule has 28 heavy (non-hydrogen) atoms. The quantitative estimate of drug-likeness (QED) is 0.533. The van der Waals surface area contributed by atoms with Gasteiger partial charge in [-0.3, -0.25) is 4.79 Å². The van der Waals surface area contributed by atoms with Crippen LogP contribution in [-0.2, 0) is 6.54 Å². The second kappa shape index (κ2) is 7.44. The zero-order valence-electron chi connectivity index (χ0n) is 15.6. The van der Waals surface area contributed by atoms with E-state index in [0.717, 1.165) is 16.8 Å². The van der Waals surface area contributed by atoms with Crippen LogP contribution in [0.15, 0.2) is 60.8 Å². The molecule has 6 heteroatoms. The lowest BCUT2D eigenvalue weighted by Crippen LogP contribution is -2.13. The van der Waals surface area contributed by atoms with Gasteiger partial charge in [0, 0.05) is 11.9 Å². The molecule has 0 unspecified atom stereocenters. The van der Waals surface area contributed by atoms with Crippen LogP contribution in [0.4, 0.5) is 5.69 Å². The molecule has 0 radical (unpaired) electrons. The molecule has 1 amide bonds. The SMILES string of the molecule is Cc1ccc(NC(=O)c2cnc3c(c(C)nn3Cc3ccccc3)c2Cl)cc1. The molecule has 4 rings (SSSR count). The number of rotatable bonds is 4. The lowest BCUT2D eigenvalue weighted by Gasteiger charge is -2.08. The van der Waals surface area contributed by atoms with Gasteiger partial charge in [0.1, 0.15) is 0 Å². The van der Waals surface area contributed by atoms with Gasteiger partial charge in [0.05, 0.1) is 28.2 Å². The van der Waals surface area contributed by atoms with Crippen molar-refractivity contribution < 1.29 is 4.79 Å². The first-order valence-electron chi connectivity index (χ1n) is 8.96. The molecule has 4 aromatic rings. The molecule has 0 saturated heterocycles. The highest BCUT2D eigenvalue weighted by molar-refractivity contribution is 6.39. The number of amides is 1. The predicted octanol–water partition coefficient (Wildman–Crippen LogP) is 5.00. The number of nitrogens with zero attached hydrogens (tertiary/aromatic N) is 3. The molecule has 0 spiro atoms. The van der Waals surface area contributed by atoms with E-state index in [0.29, 0.717) is 33.9 Å². The number of fused-ring (bicyclic) bond motifs is 1. The predicted molar refractivity (Wildman–Crippen MR) is 112 cm³/mol. The summed E-state index contributed by atoms with van der Waals surface area (Å²) in [4.78, 5) is 17.2. The topological polar surface area (TPSA) is 59.8 Å². The van der Waals surface area contributed by atoms with Crippen molar-refractivity contribution in [2.75, 3.05) is 5.32 Å². The summed E-state index contributed by atoms with van der Waals surface area (Å²) in [6.07, 6.45) is 1.51. The van der Waals surface area contributed by atoms with Gasteiger partial charge in [0.2, 0.25) is 0 Å². The zero-order valence-corrected chi connectivity index (χ0v) is 16.4. The lowest BCUT2D eigenvalue weighted by atomic mass is 10.1. The fraction of sp³-hybridized carbons (Fsp3) is 0.136. The average Bonchev–Trinajstić information content (AvgIpc) is 3.01. The number of anilines is 1. The largest absolute Gasteiger partial charge is 0.322 e. The van der Waals surface area contributed by atoms with Crippen LogP contribution in [0, 0.1) is 13.8 Å². The number of carbonyl (C=O) groups is 1. The average molecular weight is 391 g/mol. The van der Waals surface area contributed by atoms with E-state index >= 15 is 0 Å². The van der Waals surface area contributed by atoms with E-state index in [9.17, 15) is 4.79 Å². The molecule has 2 heterocycles. The van der Waals surface area contributed by atoms with E-state index in [2.05, 4.69) is 15.4 Å². The maximum Gasteiger partial charge on any atom is 0.258 e. The first-order chi connectivity index (χ1) is 13.5. The highest BCUT2D eigenvalue weighted by Gasteiger charge is 2.19. The van der Waals surface area contributed by atoms with Gasteiger partial charge in [0.15, 0.2) is 5.65 Å².